The Hall–Kier alpha value is -1.59. The predicted molar refractivity (Wildman–Crippen MR) is 80.0 cm³/mol. The maximum absolute atomic E-state index is 11.0. The number of hydrogen-bond acceptors (Lipinski definition) is 4. The highest BCUT2D eigenvalue weighted by Crippen LogP contribution is 2.17. The Morgan fingerprint density at radius 3 is 2.70 bits per heavy atom. The van der Waals surface area contributed by atoms with E-state index in [0.717, 1.165) is 0 Å². The molecule has 0 heterocycles. The standard InChI is InChI=1S/C15H24N2O3/c1-11(18)17-12-6-5-7-14(8-12)20-10-13(19)9-16-15(2,3)4/h5-8,13,16,19H,9-10H2,1-4H3,(H,17,18). The molecule has 1 aromatic carbocycles. The van der Waals surface area contributed by atoms with Crippen LogP contribution in [0.1, 0.15) is 27.7 Å². The Morgan fingerprint density at radius 1 is 1.40 bits per heavy atom. The SMILES string of the molecule is CC(=O)Nc1cccc(OCC(O)CNC(C)(C)C)c1. The van der Waals surface area contributed by atoms with Gasteiger partial charge in [0, 0.05) is 30.8 Å². The molecule has 0 aromatic heterocycles. The van der Waals surface area contributed by atoms with Crippen molar-refractivity contribution in [2.75, 3.05) is 18.5 Å². The molecule has 1 unspecified atom stereocenters. The van der Waals surface area contributed by atoms with Gasteiger partial charge in [0.25, 0.3) is 0 Å². The number of rotatable bonds is 6. The molecule has 0 bridgehead atoms. The Bertz CT molecular complexity index is 441. The number of aliphatic hydroxyl groups is 1. The van der Waals surface area contributed by atoms with E-state index in [1.807, 2.05) is 20.8 Å². The van der Waals surface area contributed by atoms with E-state index in [-0.39, 0.29) is 18.1 Å². The van der Waals surface area contributed by atoms with Crippen molar-refractivity contribution in [2.24, 2.45) is 0 Å². The van der Waals surface area contributed by atoms with E-state index in [1.54, 1.807) is 24.3 Å². The number of ether oxygens (including phenoxy) is 1. The molecule has 5 heteroatoms. The van der Waals surface area contributed by atoms with Gasteiger partial charge >= 0.3 is 0 Å². The number of nitrogens with one attached hydrogen (secondary N) is 2. The number of anilines is 1. The molecular formula is C15H24N2O3. The van der Waals surface area contributed by atoms with Gasteiger partial charge in [-0.1, -0.05) is 6.07 Å². The number of carbonyl (C=O) groups is 1. The largest absolute Gasteiger partial charge is 0.491 e. The molecular weight excluding hydrogens is 256 g/mol. The zero-order valence-electron chi connectivity index (χ0n) is 12.6. The summed E-state index contributed by atoms with van der Waals surface area (Å²) in [7, 11) is 0. The lowest BCUT2D eigenvalue weighted by atomic mass is 10.1. The van der Waals surface area contributed by atoms with E-state index in [2.05, 4.69) is 10.6 Å². The first-order valence-corrected chi connectivity index (χ1v) is 6.70. The highest BCUT2D eigenvalue weighted by atomic mass is 16.5. The number of carbonyl (C=O) groups excluding carboxylic acids is 1. The molecule has 3 N–H and O–H groups in total. The van der Waals surface area contributed by atoms with Crippen molar-refractivity contribution >= 4 is 11.6 Å². The first kappa shape index (κ1) is 16.5. The minimum atomic E-state index is -0.585. The normalized spacial score (nSPS) is 12.8. The molecule has 1 amide bonds. The van der Waals surface area contributed by atoms with Crippen LogP contribution in [0.25, 0.3) is 0 Å². The van der Waals surface area contributed by atoms with Crippen molar-refractivity contribution in [3.63, 3.8) is 0 Å². The number of amides is 1. The van der Waals surface area contributed by atoms with Crippen molar-refractivity contribution < 1.29 is 14.6 Å². The van der Waals surface area contributed by atoms with Crippen molar-refractivity contribution in [1.29, 1.82) is 0 Å². The molecule has 0 aliphatic rings. The number of β-amino-alcohol motifs (C(OH)–C–C–N with tert-alkyl or cyclic N) is 1. The fourth-order valence-corrected chi connectivity index (χ4v) is 1.54. The van der Waals surface area contributed by atoms with Crippen molar-refractivity contribution in [1.82, 2.24) is 5.32 Å². The van der Waals surface area contributed by atoms with Gasteiger partial charge in [0.1, 0.15) is 18.5 Å². The van der Waals surface area contributed by atoms with E-state index in [9.17, 15) is 9.90 Å². The molecule has 0 saturated carbocycles. The Kier molecular flexibility index (Phi) is 5.98. The van der Waals surface area contributed by atoms with Gasteiger partial charge in [0.15, 0.2) is 0 Å². The molecule has 0 aliphatic carbocycles. The van der Waals surface area contributed by atoms with Gasteiger partial charge in [-0.2, -0.15) is 0 Å². The third kappa shape index (κ3) is 7.11. The van der Waals surface area contributed by atoms with E-state index in [0.29, 0.717) is 18.0 Å². The fourth-order valence-electron chi connectivity index (χ4n) is 1.54. The molecule has 0 saturated heterocycles. The Balaban J connectivity index is 2.43. The van der Waals surface area contributed by atoms with Gasteiger partial charge in [-0.05, 0) is 32.9 Å². The summed E-state index contributed by atoms with van der Waals surface area (Å²) in [6, 6.07) is 7.09. The maximum atomic E-state index is 11.0. The molecule has 20 heavy (non-hydrogen) atoms. The third-order valence-corrected chi connectivity index (χ3v) is 2.46. The second-order valence-corrected chi connectivity index (χ2v) is 5.80. The highest BCUT2D eigenvalue weighted by molar-refractivity contribution is 5.88. The summed E-state index contributed by atoms with van der Waals surface area (Å²) < 4.78 is 5.51. The lowest BCUT2D eigenvalue weighted by Gasteiger charge is -2.23. The number of aliphatic hydroxyl groups excluding tert-OH is 1. The summed E-state index contributed by atoms with van der Waals surface area (Å²) in [5, 5.41) is 15.7. The van der Waals surface area contributed by atoms with Crippen LogP contribution in [0, 0.1) is 0 Å². The van der Waals surface area contributed by atoms with Crippen LogP contribution in [0.3, 0.4) is 0 Å². The van der Waals surface area contributed by atoms with Gasteiger partial charge < -0.3 is 20.5 Å². The average molecular weight is 280 g/mol. The summed E-state index contributed by atoms with van der Waals surface area (Å²) in [4.78, 5) is 11.0. The lowest BCUT2D eigenvalue weighted by molar-refractivity contribution is -0.114. The Morgan fingerprint density at radius 2 is 2.10 bits per heavy atom. The molecule has 1 rings (SSSR count). The second-order valence-electron chi connectivity index (χ2n) is 5.80. The quantitative estimate of drug-likeness (QED) is 0.743. The van der Waals surface area contributed by atoms with E-state index >= 15 is 0 Å². The van der Waals surface area contributed by atoms with Crippen molar-refractivity contribution in [2.45, 2.75) is 39.3 Å². The van der Waals surface area contributed by atoms with Crippen LogP contribution in [0.2, 0.25) is 0 Å². The summed E-state index contributed by atoms with van der Waals surface area (Å²) >= 11 is 0. The molecule has 0 fully saturated rings. The van der Waals surface area contributed by atoms with Gasteiger partial charge in [0.2, 0.25) is 5.91 Å². The molecule has 112 valence electrons. The fraction of sp³-hybridized carbons (Fsp3) is 0.533. The van der Waals surface area contributed by atoms with E-state index in [4.69, 9.17) is 4.74 Å². The zero-order valence-corrected chi connectivity index (χ0v) is 12.6. The van der Waals surface area contributed by atoms with Gasteiger partial charge in [-0.15, -0.1) is 0 Å². The highest BCUT2D eigenvalue weighted by Gasteiger charge is 2.12. The van der Waals surface area contributed by atoms with Gasteiger partial charge in [-0.3, -0.25) is 4.79 Å². The van der Waals surface area contributed by atoms with E-state index in [1.165, 1.54) is 6.92 Å². The maximum Gasteiger partial charge on any atom is 0.221 e. The molecule has 0 spiro atoms. The van der Waals surface area contributed by atoms with E-state index < -0.39 is 6.10 Å². The van der Waals surface area contributed by atoms with Gasteiger partial charge in [-0.25, -0.2) is 0 Å². The summed E-state index contributed by atoms with van der Waals surface area (Å²) in [5.74, 6) is 0.489. The lowest BCUT2D eigenvalue weighted by Crippen LogP contribution is -2.42. The molecule has 5 nitrogen and oxygen atoms in total. The average Bonchev–Trinajstić information content (AvgIpc) is 2.32. The molecule has 1 aromatic rings. The third-order valence-electron chi connectivity index (χ3n) is 2.46. The van der Waals surface area contributed by atoms with Crippen LogP contribution in [0.5, 0.6) is 5.75 Å². The number of benzene rings is 1. The number of hydrogen-bond donors (Lipinski definition) is 3. The molecule has 1 atom stereocenters. The first-order valence-electron chi connectivity index (χ1n) is 6.70. The summed E-state index contributed by atoms with van der Waals surface area (Å²) in [5.41, 5.74) is 0.643. The Labute approximate surface area is 120 Å². The van der Waals surface area contributed by atoms with Crippen LogP contribution >= 0.6 is 0 Å². The van der Waals surface area contributed by atoms with Crippen LogP contribution in [-0.4, -0.2) is 35.8 Å². The van der Waals surface area contributed by atoms with Crippen LogP contribution in [0.4, 0.5) is 5.69 Å². The minimum Gasteiger partial charge on any atom is -0.491 e. The molecule has 0 aliphatic heterocycles. The minimum absolute atomic E-state index is 0.0354. The summed E-state index contributed by atoms with van der Waals surface area (Å²) in [6.07, 6.45) is -0.585. The topological polar surface area (TPSA) is 70.6 Å². The monoisotopic (exact) mass is 280 g/mol. The van der Waals surface area contributed by atoms with Crippen LogP contribution in [0.15, 0.2) is 24.3 Å². The van der Waals surface area contributed by atoms with Gasteiger partial charge in [0.05, 0.1) is 0 Å². The predicted octanol–water partition coefficient (Wildman–Crippen LogP) is 1.77. The van der Waals surface area contributed by atoms with Crippen molar-refractivity contribution in [3.05, 3.63) is 24.3 Å². The smallest absolute Gasteiger partial charge is 0.221 e. The first-order chi connectivity index (χ1) is 9.26. The zero-order chi connectivity index (χ0) is 15.2. The van der Waals surface area contributed by atoms with Crippen LogP contribution in [-0.2, 0) is 4.79 Å². The second kappa shape index (κ2) is 7.26. The van der Waals surface area contributed by atoms with Crippen molar-refractivity contribution in [3.8, 4) is 5.75 Å². The van der Waals surface area contributed by atoms with Crippen LogP contribution < -0.4 is 15.4 Å². The molecule has 0 radical (unpaired) electrons. The summed E-state index contributed by atoms with van der Waals surface area (Å²) in [6.45, 7) is 8.24.